The Morgan fingerprint density at radius 1 is 1.07 bits per heavy atom. The van der Waals surface area contributed by atoms with Crippen LogP contribution in [0.2, 0.25) is 0 Å². The predicted molar refractivity (Wildman–Crippen MR) is 54.7 cm³/mol. The third-order valence-corrected chi connectivity index (χ3v) is 3.93. The first-order valence-corrected chi connectivity index (χ1v) is 5.73. The van der Waals surface area contributed by atoms with E-state index < -0.39 is 6.29 Å². The van der Waals surface area contributed by atoms with Gasteiger partial charge in [0.15, 0.2) is 6.29 Å². The largest absolute Gasteiger partial charge is 0.368 e. The number of hydrogen-bond donors (Lipinski definition) is 2. The fourth-order valence-electron chi connectivity index (χ4n) is 3.20. The van der Waals surface area contributed by atoms with Crippen LogP contribution < -0.4 is 0 Å². The summed E-state index contributed by atoms with van der Waals surface area (Å²) in [5.41, 5.74) is 0. The summed E-state index contributed by atoms with van der Waals surface area (Å²) in [6, 6.07) is 0. The summed E-state index contributed by atoms with van der Waals surface area (Å²) in [6.45, 7) is 2.08. The van der Waals surface area contributed by atoms with Gasteiger partial charge in [-0.15, -0.1) is 0 Å². The molecule has 0 aromatic carbocycles. The van der Waals surface area contributed by atoms with E-state index in [1.807, 2.05) is 0 Å². The van der Waals surface area contributed by atoms with Crippen molar-refractivity contribution >= 4 is 0 Å². The molecule has 0 spiro atoms. The van der Waals surface area contributed by atoms with Gasteiger partial charge in [0.05, 0.1) is 0 Å². The maximum absolute atomic E-state index is 9.43. The standard InChI is InChI=1S/C11H21NO2/c1-12-6-9(7-12)10(11(13)14)8-4-2-3-5-8/h8-11,13-14H,2-7H2,1H3. The fraction of sp³-hybridized carbons (Fsp3) is 1.00. The smallest absolute Gasteiger partial charge is 0.154 e. The molecule has 1 aliphatic carbocycles. The zero-order valence-electron chi connectivity index (χ0n) is 8.89. The second kappa shape index (κ2) is 4.17. The SMILES string of the molecule is CN1CC(C(C(O)O)C2CCCC2)C1. The molecule has 3 heteroatoms. The lowest BCUT2D eigenvalue weighted by molar-refractivity contribution is -0.137. The molecule has 1 atom stereocenters. The maximum Gasteiger partial charge on any atom is 0.154 e. The molecule has 1 saturated carbocycles. The van der Waals surface area contributed by atoms with Gasteiger partial charge in [0, 0.05) is 19.0 Å². The molecular weight excluding hydrogens is 178 g/mol. The molecule has 2 rings (SSSR count). The van der Waals surface area contributed by atoms with Crippen molar-refractivity contribution < 1.29 is 10.2 Å². The summed E-state index contributed by atoms with van der Waals surface area (Å²) in [4.78, 5) is 2.25. The van der Waals surface area contributed by atoms with Gasteiger partial charge in [0.25, 0.3) is 0 Å². The first-order chi connectivity index (χ1) is 6.68. The van der Waals surface area contributed by atoms with E-state index in [1.54, 1.807) is 0 Å². The third-order valence-electron chi connectivity index (χ3n) is 3.93. The number of aliphatic hydroxyl groups is 2. The third kappa shape index (κ3) is 1.95. The number of rotatable bonds is 3. The average molecular weight is 199 g/mol. The lowest BCUT2D eigenvalue weighted by atomic mass is 9.76. The molecule has 3 nitrogen and oxygen atoms in total. The van der Waals surface area contributed by atoms with Crippen molar-refractivity contribution in [3.05, 3.63) is 0 Å². The van der Waals surface area contributed by atoms with E-state index in [-0.39, 0.29) is 5.92 Å². The summed E-state index contributed by atoms with van der Waals surface area (Å²) in [7, 11) is 2.09. The first kappa shape index (κ1) is 10.4. The van der Waals surface area contributed by atoms with Crippen molar-refractivity contribution in [1.29, 1.82) is 0 Å². The molecule has 2 aliphatic rings. The predicted octanol–water partition coefficient (Wildman–Crippen LogP) is 0.665. The fourth-order valence-corrected chi connectivity index (χ4v) is 3.20. The van der Waals surface area contributed by atoms with Crippen molar-refractivity contribution in [2.24, 2.45) is 17.8 Å². The molecule has 14 heavy (non-hydrogen) atoms. The normalized spacial score (nSPS) is 28.3. The van der Waals surface area contributed by atoms with Gasteiger partial charge in [0.2, 0.25) is 0 Å². The Kier molecular flexibility index (Phi) is 3.10. The van der Waals surface area contributed by atoms with Crippen LogP contribution in [0.1, 0.15) is 25.7 Å². The summed E-state index contributed by atoms with van der Waals surface area (Å²) in [5, 5.41) is 18.9. The number of aliphatic hydroxyl groups excluding tert-OH is 1. The molecule has 82 valence electrons. The Morgan fingerprint density at radius 3 is 2.07 bits per heavy atom. The average Bonchev–Trinajstić information content (AvgIpc) is 2.54. The van der Waals surface area contributed by atoms with Crippen LogP contribution >= 0.6 is 0 Å². The van der Waals surface area contributed by atoms with Crippen LogP contribution in [0.15, 0.2) is 0 Å². The van der Waals surface area contributed by atoms with Crippen LogP contribution in [-0.2, 0) is 0 Å². The molecule has 1 saturated heterocycles. The molecular formula is C11H21NO2. The Labute approximate surface area is 85.7 Å². The second-order valence-corrected chi connectivity index (χ2v) is 5.02. The van der Waals surface area contributed by atoms with Crippen LogP contribution in [0, 0.1) is 17.8 Å². The lowest BCUT2D eigenvalue weighted by Gasteiger charge is -2.44. The molecule has 1 unspecified atom stereocenters. The van der Waals surface area contributed by atoms with E-state index in [9.17, 15) is 10.2 Å². The monoisotopic (exact) mass is 199 g/mol. The summed E-state index contributed by atoms with van der Waals surface area (Å²) in [5.74, 6) is 1.21. The Morgan fingerprint density at radius 2 is 1.64 bits per heavy atom. The van der Waals surface area contributed by atoms with Crippen LogP contribution in [-0.4, -0.2) is 41.5 Å². The maximum atomic E-state index is 9.43. The number of hydrogen-bond acceptors (Lipinski definition) is 3. The number of nitrogens with zero attached hydrogens (tertiary/aromatic N) is 1. The van der Waals surface area contributed by atoms with Gasteiger partial charge >= 0.3 is 0 Å². The Balaban J connectivity index is 1.93. The van der Waals surface area contributed by atoms with Crippen LogP contribution in [0.5, 0.6) is 0 Å². The van der Waals surface area contributed by atoms with E-state index in [2.05, 4.69) is 11.9 Å². The van der Waals surface area contributed by atoms with Crippen molar-refractivity contribution in [1.82, 2.24) is 4.90 Å². The van der Waals surface area contributed by atoms with Gasteiger partial charge < -0.3 is 15.1 Å². The quantitative estimate of drug-likeness (QED) is 0.656. The summed E-state index contributed by atoms with van der Waals surface area (Å²) in [6.07, 6.45) is 3.84. The van der Waals surface area contributed by atoms with E-state index in [0.29, 0.717) is 11.8 Å². The molecule has 2 fully saturated rings. The van der Waals surface area contributed by atoms with Gasteiger partial charge in [0.1, 0.15) is 0 Å². The Hall–Kier alpha value is -0.120. The van der Waals surface area contributed by atoms with Gasteiger partial charge in [-0.1, -0.05) is 12.8 Å². The van der Waals surface area contributed by atoms with Crippen molar-refractivity contribution in [2.75, 3.05) is 20.1 Å². The minimum atomic E-state index is -1.10. The van der Waals surface area contributed by atoms with Gasteiger partial charge in [-0.05, 0) is 31.7 Å². The zero-order chi connectivity index (χ0) is 10.1. The summed E-state index contributed by atoms with van der Waals surface area (Å²) < 4.78 is 0. The van der Waals surface area contributed by atoms with E-state index in [1.165, 1.54) is 25.7 Å². The van der Waals surface area contributed by atoms with Crippen LogP contribution in [0.25, 0.3) is 0 Å². The van der Waals surface area contributed by atoms with Crippen molar-refractivity contribution in [3.63, 3.8) is 0 Å². The zero-order valence-corrected chi connectivity index (χ0v) is 8.89. The molecule has 0 bridgehead atoms. The van der Waals surface area contributed by atoms with E-state index in [4.69, 9.17) is 0 Å². The Bertz CT molecular complexity index is 184. The molecule has 0 aromatic heterocycles. The molecule has 1 aliphatic heterocycles. The highest BCUT2D eigenvalue weighted by Gasteiger charge is 2.40. The summed E-state index contributed by atoms with van der Waals surface area (Å²) >= 11 is 0. The molecule has 0 amide bonds. The van der Waals surface area contributed by atoms with Gasteiger partial charge in [-0.3, -0.25) is 0 Å². The highest BCUT2D eigenvalue weighted by atomic mass is 16.5. The van der Waals surface area contributed by atoms with E-state index >= 15 is 0 Å². The molecule has 0 aromatic rings. The van der Waals surface area contributed by atoms with Gasteiger partial charge in [-0.2, -0.15) is 0 Å². The highest BCUT2D eigenvalue weighted by Crippen LogP contribution is 2.39. The lowest BCUT2D eigenvalue weighted by Crippen LogP contribution is -2.52. The van der Waals surface area contributed by atoms with Crippen LogP contribution in [0.4, 0.5) is 0 Å². The van der Waals surface area contributed by atoms with Crippen molar-refractivity contribution in [2.45, 2.75) is 32.0 Å². The molecule has 2 N–H and O–H groups in total. The second-order valence-electron chi connectivity index (χ2n) is 5.02. The molecule has 1 heterocycles. The van der Waals surface area contributed by atoms with Crippen LogP contribution in [0.3, 0.4) is 0 Å². The van der Waals surface area contributed by atoms with Crippen molar-refractivity contribution in [3.8, 4) is 0 Å². The van der Waals surface area contributed by atoms with Gasteiger partial charge in [-0.25, -0.2) is 0 Å². The minimum Gasteiger partial charge on any atom is -0.368 e. The highest BCUT2D eigenvalue weighted by molar-refractivity contribution is 4.89. The molecule has 0 radical (unpaired) electrons. The van der Waals surface area contributed by atoms with E-state index in [0.717, 1.165) is 13.1 Å². The minimum absolute atomic E-state index is 0.133. The first-order valence-electron chi connectivity index (χ1n) is 5.73. The number of likely N-dealkylation sites (tertiary alicyclic amines) is 1. The topological polar surface area (TPSA) is 43.7 Å².